The van der Waals surface area contributed by atoms with Crippen LogP contribution in [0.15, 0.2) is 53.5 Å². The summed E-state index contributed by atoms with van der Waals surface area (Å²) in [6.45, 7) is 1.97. The zero-order valence-corrected chi connectivity index (χ0v) is 12.6. The molecule has 5 nitrogen and oxygen atoms in total. The van der Waals surface area contributed by atoms with E-state index in [4.69, 9.17) is 0 Å². The zero-order valence-electron chi connectivity index (χ0n) is 12.6. The number of benzene rings is 2. The van der Waals surface area contributed by atoms with Gasteiger partial charge in [0.2, 0.25) is 5.96 Å². The van der Waals surface area contributed by atoms with E-state index in [1.807, 2.05) is 23.1 Å². The molecule has 0 saturated heterocycles. The number of phenolic OH excluding ortho intramolecular Hbond substituents is 1. The van der Waals surface area contributed by atoms with E-state index in [9.17, 15) is 9.90 Å². The van der Waals surface area contributed by atoms with E-state index in [0.717, 1.165) is 36.8 Å². The molecular formula is C18H17N3O2. The van der Waals surface area contributed by atoms with E-state index in [1.54, 1.807) is 12.1 Å². The molecule has 2 aliphatic heterocycles. The summed E-state index contributed by atoms with van der Waals surface area (Å²) in [5, 5.41) is 9.36. The molecule has 0 amide bonds. The van der Waals surface area contributed by atoms with Crippen LogP contribution in [-0.4, -0.2) is 36.5 Å². The Bertz CT molecular complexity index is 783. The van der Waals surface area contributed by atoms with Crippen LogP contribution in [0.1, 0.15) is 16.8 Å². The van der Waals surface area contributed by atoms with Gasteiger partial charge in [-0.15, -0.1) is 0 Å². The second kappa shape index (κ2) is 5.43. The highest BCUT2D eigenvalue weighted by Crippen LogP contribution is 2.38. The summed E-state index contributed by atoms with van der Waals surface area (Å²) in [5.74, 6) is 1.04. The van der Waals surface area contributed by atoms with Crippen molar-refractivity contribution in [1.29, 1.82) is 0 Å². The van der Waals surface area contributed by atoms with Crippen LogP contribution in [0, 0.1) is 0 Å². The number of rotatable bonds is 3. The Morgan fingerprint density at radius 1 is 1.09 bits per heavy atom. The van der Waals surface area contributed by atoms with Crippen molar-refractivity contribution in [3.8, 4) is 5.75 Å². The highest BCUT2D eigenvalue weighted by Gasteiger charge is 2.34. The largest absolute Gasteiger partial charge is 0.508 e. The van der Waals surface area contributed by atoms with Crippen LogP contribution in [0.2, 0.25) is 0 Å². The van der Waals surface area contributed by atoms with Crippen molar-refractivity contribution in [3.05, 3.63) is 54.1 Å². The van der Waals surface area contributed by atoms with Gasteiger partial charge in [0.1, 0.15) is 5.75 Å². The SMILES string of the molecule is O=C(CN1C2=NCCCN2c2ccccc21)c1ccc(O)cc1. The summed E-state index contributed by atoms with van der Waals surface area (Å²) in [7, 11) is 0. The fourth-order valence-electron chi connectivity index (χ4n) is 3.12. The molecule has 5 heteroatoms. The lowest BCUT2D eigenvalue weighted by atomic mass is 10.1. The van der Waals surface area contributed by atoms with E-state index >= 15 is 0 Å². The fraction of sp³-hybridized carbons (Fsp3) is 0.222. The number of hydrogen-bond acceptors (Lipinski definition) is 5. The van der Waals surface area contributed by atoms with E-state index < -0.39 is 0 Å². The molecule has 4 rings (SSSR count). The summed E-state index contributed by atoms with van der Waals surface area (Å²) in [6.07, 6.45) is 1.03. The van der Waals surface area contributed by atoms with Crippen LogP contribution in [0.3, 0.4) is 0 Å². The van der Waals surface area contributed by atoms with E-state index in [1.165, 1.54) is 12.1 Å². The number of hydrogen-bond donors (Lipinski definition) is 1. The Morgan fingerprint density at radius 3 is 2.61 bits per heavy atom. The number of fused-ring (bicyclic) bond motifs is 3. The van der Waals surface area contributed by atoms with Gasteiger partial charge < -0.3 is 14.9 Å². The lowest BCUT2D eigenvalue weighted by molar-refractivity contribution is 0.100. The van der Waals surface area contributed by atoms with Crippen LogP contribution >= 0.6 is 0 Å². The van der Waals surface area contributed by atoms with Gasteiger partial charge in [0.25, 0.3) is 0 Å². The molecule has 0 fully saturated rings. The first kappa shape index (κ1) is 13.8. The minimum atomic E-state index is 0.00919. The number of guanidine groups is 1. The molecule has 116 valence electrons. The number of phenols is 1. The second-order valence-electron chi connectivity index (χ2n) is 5.73. The van der Waals surface area contributed by atoms with Gasteiger partial charge in [0.05, 0.1) is 17.9 Å². The minimum Gasteiger partial charge on any atom is -0.508 e. The number of carbonyl (C=O) groups excluding carboxylic acids is 1. The molecule has 2 heterocycles. The quantitative estimate of drug-likeness (QED) is 0.886. The maximum atomic E-state index is 12.6. The van der Waals surface area contributed by atoms with Crippen LogP contribution < -0.4 is 9.80 Å². The molecular weight excluding hydrogens is 290 g/mol. The fourth-order valence-corrected chi connectivity index (χ4v) is 3.12. The number of ketones is 1. The lowest BCUT2D eigenvalue weighted by Crippen LogP contribution is -2.43. The standard InChI is InChI=1S/C18H17N3O2/c22-14-8-6-13(7-9-14)17(23)12-21-16-5-2-1-4-15(16)20-11-3-10-19-18(20)21/h1-2,4-9,22H,3,10-12H2. The monoisotopic (exact) mass is 307 g/mol. The van der Waals surface area contributed by atoms with Gasteiger partial charge in [-0.05, 0) is 42.8 Å². The molecule has 2 aromatic rings. The molecule has 0 aromatic heterocycles. The number of aliphatic imine (C=N–C) groups is 1. The Kier molecular flexibility index (Phi) is 3.26. The molecule has 0 unspecified atom stereocenters. The van der Waals surface area contributed by atoms with Gasteiger partial charge in [0, 0.05) is 18.7 Å². The zero-order chi connectivity index (χ0) is 15.8. The summed E-state index contributed by atoms with van der Waals surface area (Å²) in [4.78, 5) is 21.4. The molecule has 0 bridgehead atoms. The Balaban J connectivity index is 1.66. The highest BCUT2D eigenvalue weighted by molar-refractivity contribution is 6.19. The first-order valence-corrected chi connectivity index (χ1v) is 7.75. The van der Waals surface area contributed by atoms with Gasteiger partial charge >= 0.3 is 0 Å². The third-order valence-electron chi connectivity index (χ3n) is 4.23. The van der Waals surface area contributed by atoms with E-state index in [2.05, 4.69) is 16.0 Å². The smallest absolute Gasteiger partial charge is 0.206 e. The maximum absolute atomic E-state index is 12.6. The number of nitrogens with zero attached hydrogens (tertiary/aromatic N) is 3. The topological polar surface area (TPSA) is 56.1 Å². The van der Waals surface area contributed by atoms with Crippen molar-refractivity contribution in [1.82, 2.24) is 0 Å². The summed E-state index contributed by atoms with van der Waals surface area (Å²) in [5.41, 5.74) is 2.74. The Hall–Kier alpha value is -2.82. The van der Waals surface area contributed by atoms with Crippen molar-refractivity contribution < 1.29 is 9.90 Å². The molecule has 0 aliphatic carbocycles. The van der Waals surface area contributed by atoms with E-state index in [-0.39, 0.29) is 18.1 Å². The summed E-state index contributed by atoms with van der Waals surface area (Å²) < 4.78 is 0. The van der Waals surface area contributed by atoms with Gasteiger partial charge in [-0.25, -0.2) is 0 Å². The molecule has 0 spiro atoms. The van der Waals surface area contributed by atoms with Crippen molar-refractivity contribution in [2.24, 2.45) is 4.99 Å². The minimum absolute atomic E-state index is 0.00919. The average molecular weight is 307 g/mol. The first-order chi connectivity index (χ1) is 11.2. The number of Topliss-reactive ketones (excluding diaryl/α,β-unsaturated/α-hetero) is 1. The summed E-state index contributed by atoms with van der Waals surface area (Å²) >= 11 is 0. The highest BCUT2D eigenvalue weighted by atomic mass is 16.3. The second-order valence-corrected chi connectivity index (χ2v) is 5.73. The third kappa shape index (κ3) is 2.34. The third-order valence-corrected chi connectivity index (χ3v) is 4.23. The number of anilines is 2. The van der Waals surface area contributed by atoms with Crippen LogP contribution in [0.4, 0.5) is 11.4 Å². The number of carbonyl (C=O) groups is 1. The molecule has 0 saturated carbocycles. The molecule has 2 aromatic carbocycles. The molecule has 0 radical (unpaired) electrons. The lowest BCUT2D eigenvalue weighted by Gasteiger charge is -2.26. The van der Waals surface area contributed by atoms with Crippen LogP contribution in [0.5, 0.6) is 5.75 Å². The number of para-hydroxylation sites is 2. The Morgan fingerprint density at radius 2 is 1.83 bits per heavy atom. The maximum Gasteiger partial charge on any atom is 0.206 e. The summed E-state index contributed by atoms with van der Waals surface area (Å²) in [6, 6.07) is 14.5. The van der Waals surface area contributed by atoms with E-state index in [0.29, 0.717) is 5.56 Å². The van der Waals surface area contributed by atoms with Crippen molar-refractivity contribution in [3.63, 3.8) is 0 Å². The first-order valence-electron chi connectivity index (χ1n) is 7.75. The normalized spacial score (nSPS) is 15.9. The number of aromatic hydroxyl groups is 1. The van der Waals surface area contributed by atoms with Crippen LogP contribution in [-0.2, 0) is 0 Å². The van der Waals surface area contributed by atoms with Crippen LogP contribution in [0.25, 0.3) is 0 Å². The van der Waals surface area contributed by atoms with Crippen molar-refractivity contribution in [2.75, 3.05) is 29.4 Å². The van der Waals surface area contributed by atoms with Crippen molar-refractivity contribution in [2.45, 2.75) is 6.42 Å². The molecule has 2 aliphatic rings. The predicted molar refractivity (Wildman–Crippen MR) is 90.5 cm³/mol. The predicted octanol–water partition coefficient (Wildman–Crippen LogP) is 2.66. The van der Waals surface area contributed by atoms with Gasteiger partial charge in [-0.2, -0.15) is 0 Å². The van der Waals surface area contributed by atoms with Gasteiger partial charge in [-0.1, -0.05) is 12.1 Å². The Labute approximate surface area is 134 Å². The molecule has 0 atom stereocenters. The van der Waals surface area contributed by atoms with Gasteiger partial charge in [0.15, 0.2) is 5.78 Å². The molecule has 23 heavy (non-hydrogen) atoms. The van der Waals surface area contributed by atoms with Crippen molar-refractivity contribution >= 4 is 23.1 Å². The van der Waals surface area contributed by atoms with Gasteiger partial charge in [-0.3, -0.25) is 9.79 Å². The average Bonchev–Trinajstić information content (AvgIpc) is 2.90. The molecule has 1 N–H and O–H groups in total.